The summed E-state index contributed by atoms with van der Waals surface area (Å²) in [6.07, 6.45) is 0. The highest BCUT2D eigenvalue weighted by molar-refractivity contribution is 5.21. The van der Waals surface area contributed by atoms with Gasteiger partial charge in [-0.2, -0.15) is 0 Å². The van der Waals surface area contributed by atoms with Gasteiger partial charge in [-0.1, -0.05) is 30.3 Å². The molecule has 1 atom stereocenters. The quantitative estimate of drug-likeness (QED) is 0.915. The second-order valence-corrected chi connectivity index (χ2v) is 7.06. The van der Waals surface area contributed by atoms with Crippen molar-refractivity contribution in [2.24, 2.45) is 0 Å². The standard InChI is InChI=1S/C17H28N2O/c1-16(2)12-19(13-17(3,4)20-5)15(11-18-16)14-9-7-6-8-10-14/h6-10,15,18H,11-13H2,1-5H3. The monoisotopic (exact) mass is 276 g/mol. The molecule has 3 nitrogen and oxygen atoms in total. The minimum Gasteiger partial charge on any atom is -0.377 e. The summed E-state index contributed by atoms with van der Waals surface area (Å²) in [5.74, 6) is 0. The topological polar surface area (TPSA) is 24.5 Å². The fourth-order valence-electron chi connectivity index (χ4n) is 2.90. The van der Waals surface area contributed by atoms with Crippen LogP contribution in [-0.2, 0) is 4.74 Å². The predicted octanol–water partition coefficient (Wildman–Crippen LogP) is 2.84. The lowest BCUT2D eigenvalue weighted by molar-refractivity contribution is -0.0338. The maximum Gasteiger partial charge on any atom is 0.0749 e. The fraction of sp³-hybridized carbons (Fsp3) is 0.647. The number of hydrogen-bond donors (Lipinski definition) is 1. The number of ether oxygens (including phenoxy) is 1. The van der Waals surface area contributed by atoms with Crippen molar-refractivity contribution < 1.29 is 4.74 Å². The van der Waals surface area contributed by atoms with Gasteiger partial charge in [0.15, 0.2) is 0 Å². The molecule has 0 radical (unpaired) electrons. The molecule has 0 amide bonds. The lowest BCUT2D eigenvalue weighted by Gasteiger charge is -2.47. The molecule has 1 heterocycles. The van der Waals surface area contributed by atoms with E-state index >= 15 is 0 Å². The highest BCUT2D eigenvalue weighted by atomic mass is 16.5. The van der Waals surface area contributed by atoms with E-state index in [0.717, 1.165) is 19.6 Å². The Morgan fingerprint density at radius 2 is 1.95 bits per heavy atom. The lowest BCUT2D eigenvalue weighted by atomic mass is 9.93. The van der Waals surface area contributed by atoms with Crippen LogP contribution in [0.15, 0.2) is 30.3 Å². The van der Waals surface area contributed by atoms with E-state index in [2.05, 4.69) is 68.2 Å². The molecule has 0 aliphatic carbocycles. The van der Waals surface area contributed by atoms with E-state index in [-0.39, 0.29) is 11.1 Å². The Labute approximate surface area is 123 Å². The van der Waals surface area contributed by atoms with Gasteiger partial charge in [0.25, 0.3) is 0 Å². The first kappa shape index (κ1) is 15.5. The molecule has 2 rings (SSSR count). The second kappa shape index (κ2) is 5.84. The molecule has 1 saturated heterocycles. The highest BCUT2D eigenvalue weighted by Crippen LogP contribution is 2.28. The molecular weight excluding hydrogens is 248 g/mol. The maximum atomic E-state index is 5.63. The van der Waals surface area contributed by atoms with Crippen molar-refractivity contribution >= 4 is 0 Å². The van der Waals surface area contributed by atoms with Gasteiger partial charge in [0.2, 0.25) is 0 Å². The molecule has 112 valence electrons. The molecule has 0 saturated carbocycles. The molecule has 1 N–H and O–H groups in total. The number of hydrogen-bond acceptors (Lipinski definition) is 3. The molecule has 1 aliphatic heterocycles. The van der Waals surface area contributed by atoms with Crippen LogP contribution >= 0.6 is 0 Å². The molecule has 1 unspecified atom stereocenters. The summed E-state index contributed by atoms with van der Waals surface area (Å²) in [4.78, 5) is 2.55. The Kier molecular flexibility index (Phi) is 4.52. The molecule has 20 heavy (non-hydrogen) atoms. The SMILES string of the molecule is COC(C)(C)CN1CC(C)(C)NCC1c1ccccc1. The van der Waals surface area contributed by atoms with E-state index in [9.17, 15) is 0 Å². The van der Waals surface area contributed by atoms with Gasteiger partial charge in [0, 0.05) is 38.3 Å². The van der Waals surface area contributed by atoms with Crippen LogP contribution in [0.3, 0.4) is 0 Å². The zero-order valence-electron chi connectivity index (χ0n) is 13.4. The van der Waals surface area contributed by atoms with Gasteiger partial charge >= 0.3 is 0 Å². The van der Waals surface area contributed by atoms with Gasteiger partial charge < -0.3 is 10.1 Å². The van der Waals surface area contributed by atoms with Crippen LogP contribution in [0.5, 0.6) is 0 Å². The van der Waals surface area contributed by atoms with Gasteiger partial charge in [-0.15, -0.1) is 0 Å². The van der Waals surface area contributed by atoms with Crippen molar-refractivity contribution in [2.75, 3.05) is 26.7 Å². The van der Waals surface area contributed by atoms with Crippen LogP contribution in [0.4, 0.5) is 0 Å². The van der Waals surface area contributed by atoms with Crippen LogP contribution in [0.2, 0.25) is 0 Å². The van der Waals surface area contributed by atoms with Crippen molar-refractivity contribution in [2.45, 2.75) is 44.9 Å². The van der Waals surface area contributed by atoms with Gasteiger partial charge in [-0.25, -0.2) is 0 Å². The van der Waals surface area contributed by atoms with Crippen molar-refractivity contribution in [3.8, 4) is 0 Å². The second-order valence-electron chi connectivity index (χ2n) is 7.06. The van der Waals surface area contributed by atoms with Crippen molar-refractivity contribution in [3.63, 3.8) is 0 Å². The Hall–Kier alpha value is -0.900. The first-order chi connectivity index (χ1) is 9.33. The maximum absolute atomic E-state index is 5.63. The number of piperazine rings is 1. The molecule has 0 spiro atoms. The van der Waals surface area contributed by atoms with Crippen molar-refractivity contribution in [1.29, 1.82) is 0 Å². The summed E-state index contributed by atoms with van der Waals surface area (Å²) in [5.41, 5.74) is 1.40. The zero-order valence-corrected chi connectivity index (χ0v) is 13.4. The summed E-state index contributed by atoms with van der Waals surface area (Å²) in [7, 11) is 1.80. The first-order valence-corrected chi connectivity index (χ1v) is 7.42. The van der Waals surface area contributed by atoms with E-state index in [0.29, 0.717) is 6.04 Å². The van der Waals surface area contributed by atoms with Gasteiger partial charge in [0.1, 0.15) is 0 Å². The van der Waals surface area contributed by atoms with Crippen molar-refractivity contribution in [3.05, 3.63) is 35.9 Å². The van der Waals surface area contributed by atoms with Crippen LogP contribution in [0.25, 0.3) is 0 Å². The third-order valence-electron chi connectivity index (χ3n) is 4.13. The summed E-state index contributed by atoms with van der Waals surface area (Å²) >= 11 is 0. The average molecular weight is 276 g/mol. The molecule has 1 aliphatic rings. The zero-order chi connectivity index (χ0) is 14.8. The van der Waals surface area contributed by atoms with E-state index in [4.69, 9.17) is 4.74 Å². The molecule has 1 aromatic rings. The Bertz CT molecular complexity index is 428. The highest BCUT2D eigenvalue weighted by Gasteiger charge is 2.36. The van der Waals surface area contributed by atoms with Crippen molar-refractivity contribution in [1.82, 2.24) is 10.2 Å². The van der Waals surface area contributed by atoms with E-state index in [1.54, 1.807) is 7.11 Å². The molecule has 3 heteroatoms. The largest absolute Gasteiger partial charge is 0.377 e. The van der Waals surface area contributed by atoms with E-state index in [1.165, 1.54) is 5.56 Å². The number of benzene rings is 1. The number of nitrogens with one attached hydrogen (secondary N) is 1. The van der Waals surface area contributed by atoms with Crippen LogP contribution in [-0.4, -0.2) is 42.8 Å². The number of rotatable bonds is 4. The average Bonchev–Trinajstić information content (AvgIpc) is 2.38. The molecular formula is C17H28N2O. The van der Waals surface area contributed by atoms with Gasteiger partial charge in [-0.3, -0.25) is 4.90 Å². The normalized spacial score (nSPS) is 23.8. The third kappa shape index (κ3) is 3.81. The first-order valence-electron chi connectivity index (χ1n) is 7.42. The fourth-order valence-corrected chi connectivity index (χ4v) is 2.90. The minimum absolute atomic E-state index is 0.125. The summed E-state index contributed by atoms with van der Waals surface area (Å²) < 4.78 is 5.63. The smallest absolute Gasteiger partial charge is 0.0749 e. The van der Waals surface area contributed by atoms with E-state index in [1.807, 2.05) is 0 Å². The van der Waals surface area contributed by atoms with Crippen LogP contribution < -0.4 is 5.32 Å². The summed E-state index contributed by atoms with van der Waals surface area (Å²) in [5, 5.41) is 3.66. The molecule has 0 aromatic heterocycles. The Morgan fingerprint density at radius 3 is 2.55 bits per heavy atom. The molecule has 1 aromatic carbocycles. The Morgan fingerprint density at radius 1 is 1.30 bits per heavy atom. The van der Waals surface area contributed by atoms with Crippen LogP contribution in [0, 0.1) is 0 Å². The lowest BCUT2D eigenvalue weighted by Crippen LogP contribution is -2.60. The Balaban J connectivity index is 2.20. The minimum atomic E-state index is -0.125. The summed E-state index contributed by atoms with van der Waals surface area (Å²) in [6.45, 7) is 11.8. The van der Waals surface area contributed by atoms with Gasteiger partial charge in [-0.05, 0) is 33.3 Å². The third-order valence-corrected chi connectivity index (χ3v) is 4.13. The molecule has 0 bridgehead atoms. The van der Waals surface area contributed by atoms with Crippen LogP contribution in [0.1, 0.15) is 39.3 Å². The number of nitrogens with zero attached hydrogens (tertiary/aromatic N) is 1. The van der Waals surface area contributed by atoms with E-state index < -0.39 is 0 Å². The summed E-state index contributed by atoms with van der Waals surface area (Å²) in [6, 6.07) is 11.2. The predicted molar refractivity (Wildman–Crippen MR) is 83.9 cm³/mol. The molecule has 1 fully saturated rings. The van der Waals surface area contributed by atoms with Gasteiger partial charge in [0.05, 0.1) is 5.60 Å². The number of methoxy groups -OCH3 is 1.